The summed E-state index contributed by atoms with van der Waals surface area (Å²) in [5, 5.41) is 1.29. The highest BCUT2D eigenvalue weighted by atomic mass is 127. The molecule has 0 fully saturated rings. The van der Waals surface area contributed by atoms with Crippen molar-refractivity contribution in [2.75, 3.05) is 5.33 Å². The van der Waals surface area contributed by atoms with Crippen LogP contribution in [0.3, 0.4) is 0 Å². The molecule has 0 aliphatic heterocycles. The van der Waals surface area contributed by atoms with Crippen LogP contribution in [0, 0.1) is 3.57 Å². The number of fused-ring (bicyclic) bond motifs is 1. The monoisotopic (exact) mass is 364 g/mol. The summed E-state index contributed by atoms with van der Waals surface area (Å²) < 4.78 is 6.36. The Balaban J connectivity index is 2.68. The molecule has 0 aliphatic carbocycles. The van der Waals surface area contributed by atoms with Crippen LogP contribution in [0.2, 0.25) is 0 Å². The van der Waals surface area contributed by atoms with Crippen LogP contribution in [-0.4, -0.2) is 11.1 Å². The lowest BCUT2D eigenvalue weighted by molar-refractivity contribution is 0.0994. The van der Waals surface area contributed by atoms with Crippen LogP contribution in [-0.2, 0) is 0 Å². The molecule has 0 spiro atoms. The van der Waals surface area contributed by atoms with Gasteiger partial charge in [-0.1, -0.05) is 34.1 Å². The molecule has 4 heteroatoms. The lowest BCUT2D eigenvalue weighted by Crippen LogP contribution is -1.99. The molecule has 0 atom stereocenters. The van der Waals surface area contributed by atoms with E-state index < -0.39 is 0 Å². The quantitative estimate of drug-likeness (QED) is 0.463. The van der Waals surface area contributed by atoms with E-state index >= 15 is 0 Å². The van der Waals surface area contributed by atoms with Gasteiger partial charge in [0.05, 0.1) is 8.90 Å². The summed E-state index contributed by atoms with van der Waals surface area (Å²) in [5.74, 6) is 0.425. The number of halogens is 2. The third-order valence-corrected chi connectivity index (χ3v) is 3.49. The predicted molar refractivity (Wildman–Crippen MR) is 67.1 cm³/mol. The van der Waals surface area contributed by atoms with Crippen molar-refractivity contribution in [3.05, 3.63) is 33.6 Å². The van der Waals surface area contributed by atoms with Crippen molar-refractivity contribution in [3.8, 4) is 0 Å². The molecular weight excluding hydrogens is 359 g/mol. The minimum Gasteiger partial charge on any atom is -0.452 e. The third kappa shape index (κ3) is 1.61. The van der Waals surface area contributed by atoms with Gasteiger partial charge in [-0.2, -0.15) is 0 Å². The van der Waals surface area contributed by atoms with Crippen LogP contribution in [0.5, 0.6) is 0 Å². The first-order valence-electron chi connectivity index (χ1n) is 4.00. The van der Waals surface area contributed by atoms with E-state index in [9.17, 15) is 4.79 Å². The van der Waals surface area contributed by atoms with Crippen LogP contribution in [0.4, 0.5) is 0 Å². The van der Waals surface area contributed by atoms with Gasteiger partial charge in [0, 0.05) is 5.39 Å². The minimum atomic E-state index is -0.0226. The zero-order valence-electron chi connectivity index (χ0n) is 7.09. The van der Waals surface area contributed by atoms with Crippen molar-refractivity contribution in [2.24, 2.45) is 0 Å². The molecule has 0 bridgehead atoms. The lowest BCUT2D eigenvalue weighted by Gasteiger charge is -1.89. The number of furan rings is 1. The maximum Gasteiger partial charge on any atom is 0.209 e. The zero-order valence-corrected chi connectivity index (χ0v) is 10.8. The van der Waals surface area contributed by atoms with Crippen LogP contribution in [0.25, 0.3) is 11.0 Å². The zero-order chi connectivity index (χ0) is 10.1. The topological polar surface area (TPSA) is 30.2 Å². The van der Waals surface area contributed by atoms with Gasteiger partial charge in [-0.25, -0.2) is 0 Å². The minimum absolute atomic E-state index is 0.0226. The summed E-state index contributed by atoms with van der Waals surface area (Å²) in [6.45, 7) is 0. The Morgan fingerprint density at radius 1 is 1.43 bits per heavy atom. The number of carbonyl (C=O) groups is 1. The Bertz CT molecular complexity index is 490. The second kappa shape index (κ2) is 4.02. The largest absolute Gasteiger partial charge is 0.452 e. The molecule has 0 unspecified atom stereocenters. The van der Waals surface area contributed by atoms with E-state index in [1.165, 1.54) is 0 Å². The highest BCUT2D eigenvalue weighted by Crippen LogP contribution is 2.27. The van der Waals surface area contributed by atoms with Crippen LogP contribution >= 0.6 is 38.5 Å². The summed E-state index contributed by atoms with van der Waals surface area (Å²) in [5.41, 5.74) is 0.765. The molecule has 0 saturated heterocycles. The fraction of sp³-hybridized carbons (Fsp3) is 0.100. The van der Waals surface area contributed by atoms with Crippen molar-refractivity contribution in [1.29, 1.82) is 0 Å². The Kier molecular flexibility index (Phi) is 2.92. The molecule has 14 heavy (non-hydrogen) atoms. The van der Waals surface area contributed by atoms with Gasteiger partial charge in [0.2, 0.25) is 5.78 Å². The molecule has 0 amide bonds. The van der Waals surface area contributed by atoms with E-state index in [-0.39, 0.29) is 5.78 Å². The lowest BCUT2D eigenvalue weighted by atomic mass is 10.2. The standard InChI is InChI=1S/C10H6BrIO2/c11-5-7(13)10-9(12)6-3-1-2-4-8(6)14-10/h1-4H,5H2. The van der Waals surface area contributed by atoms with E-state index in [1.54, 1.807) is 0 Å². The third-order valence-electron chi connectivity index (χ3n) is 1.91. The SMILES string of the molecule is O=C(CBr)c1oc2ccccc2c1I. The van der Waals surface area contributed by atoms with Gasteiger partial charge >= 0.3 is 0 Å². The average molecular weight is 365 g/mol. The first-order chi connectivity index (χ1) is 6.74. The molecule has 0 radical (unpaired) electrons. The van der Waals surface area contributed by atoms with Crippen molar-refractivity contribution in [3.63, 3.8) is 0 Å². The Morgan fingerprint density at radius 3 is 2.79 bits per heavy atom. The molecule has 0 N–H and O–H groups in total. The van der Waals surface area contributed by atoms with Crippen molar-refractivity contribution < 1.29 is 9.21 Å². The maximum atomic E-state index is 11.5. The summed E-state index contributed by atoms with van der Waals surface area (Å²) in [6, 6.07) is 7.64. The molecule has 72 valence electrons. The number of rotatable bonds is 2. The normalized spacial score (nSPS) is 10.7. The number of alkyl halides is 1. The molecule has 2 rings (SSSR count). The fourth-order valence-electron chi connectivity index (χ4n) is 1.25. The Labute approximate surface area is 103 Å². The molecule has 2 nitrogen and oxygen atoms in total. The van der Waals surface area contributed by atoms with Crippen molar-refractivity contribution >= 4 is 55.3 Å². The molecule has 2 aromatic rings. The van der Waals surface area contributed by atoms with E-state index in [0.717, 1.165) is 14.5 Å². The molecule has 1 heterocycles. The Hall–Kier alpha value is -0.360. The number of benzene rings is 1. The highest BCUT2D eigenvalue weighted by Gasteiger charge is 2.16. The average Bonchev–Trinajstić information content (AvgIpc) is 2.56. The smallest absolute Gasteiger partial charge is 0.209 e. The number of hydrogen-bond donors (Lipinski definition) is 0. The molecule has 1 aromatic heterocycles. The van der Waals surface area contributed by atoms with Crippen molar-refractivity contribution in [1.82, 2.24) is 0 Å². The Morgan fingerprint density at radius 2 is 2.14 bits per heavy atom. The van der Waals surface area contributed by atoms with Crippen molar-refractivity contribution in [2.45, 2.75) is 0 Å². The fourth-order valence-corrected chi connectivity index (χ4v) is 2.37. The van der Waals surface area contributed by atoms with Gasteiger partial charge in [0.25, 0.3) is 0 Å². The summed E-state index contributed by atoms with van der Waals surface area (Å²) in [4.78, 5) is 11.5. The number of carbonyl (C=O) groups excluding carboxylic acids is 1. The summed E-state index contributed by atoms with van der Waals surface area (Å²) in [7, 11) is 0. The summed E-state index contributed by atoms with van der Waals surface area (Å²) in [6.07, 6.45) is 0. The summed E-state index contributed by atoms with van der Waals surface area (Å²) >= 11 is 5.27. The number of ketones is 1. The van der Waals surface area contributed by atoms with E-state index in [2.05, 4.69) is 38.5 Å². The van der Waals surface area contributed by atoms with Gasteiger partial charge in [-0.15, -0.1) is 0 Å². The number of hydrogen-bond acceptors (Lipinski definition) is 2. The van der Waals surface area contributed by atoms with Gasteiger partial charge in [0.15, 0.2) is 5.76 Å². The van der Waals surface area contributed by atoms with E-state index in [4.69, 9.17) is 4.42 Å². The highest BCUT2D eigenvalue weighted by molar-refractivity contribution is 14.1. The first-order valence-corrected chi connectivity index (χ1v) is 6.20. The molecular formula is C10H6BrIO2. The van der Waals surface area contributed by atoms with Crippen LogP contribution in [0.1, 0.15) is 10.6 Å². The number of para-hydroxylation sites is 1. The van der Waals surface area contributed by atoms with E-state index in [1.807, 2.05) is 24.3 Å². The molecule has 0 saturated carbocycles. The van der Waals surface area contributed by atoms with Gasteiger partial charge < -0.3 is 4.42 Å². The first kappa shape index (κ1) is 10.2. The van der Waals surface area contributed by atoms with E-state index in [0.29, 0.717) is 11.1 Å². The second-order valence-electron chi connectivity index (χ2n) is 2.80. The van der Waals surface area contributed by atoms with Gasteiger partial charge in [-0.05, 0) is 28.7 Å². The molecule has 1 aromatic carbocycles. The van der Waals surface area contributed by atoms with Crippen LogP contribution < -0.4 is 0 Å². The van der Waals surface area contributed by atoms with Gasteiger partial charge in [-0.3, -0.25) is 4.79 Å². The second-order valence-corrected chi connectivity index (χ2v) is 4.44. The molecule has 0 aliphatic rings. The van der Waals surface area contributed by atoms with Gasteiger partial charge in [0.1, 0.15) is 5.58 Å². The maximum absolute atomic E-state index is 11.5. The van der Waals surface area contributed by atoms with Crippen LogP contribution in [0.15, 0.2) is 28.7 Å². The number of Topliss-reactive ketones (excluding diaryl/α,β-unsaturated/α-hetero) is 1. The predicted octanol–water partition coefficient (Wildman–Crippen LogP) is 3.62.